The third-order valence-corrected chi connectivity index (χ3v) is 4.29. The zero-order chi connectivity index (χ0) is 13.5. The molecular weight excluding hydrogens is 250 g/mol. The van der Waals surface area contributed by atoms with Crippen molar-refractivity contribution in [2.75, 3.05) is 0 Å². The number of nitrogens with zero attached hydrogens (tertiary/aromatic N) is 2. The molecule has 1 unspecified atom stereocenters. The molecule has 0 spiro atoms. The van der Waals surface area contributed by atoms with E-state index in [1.807, 2.05) is 20.9 Å². The summed E-state index contributed by atoms with van der Waals surface area (Å²) >= 11 is 6.24. The van der Waals surface area contributed by atoms with Gasteiger partial charge >= 0.3 is 0 Å². The average molecular weight is 270 g/mol. The summed E-state index contributed by atoms with van der Waals surface area (Å²) in [6.07, 6.45) is 3.14. The fourth-order valence-electron chi connectivity index (χ4n) is 2.27. The lowest BCUT2D eigenvalue weighted by Gasteiger charge is -2.22. The molecule has 2 N–H and O–H groups in total. The molecule has 100 valence electrons. The number of carbonyl (C=O) groups excluding carboxylic acids is 1. The number of rotatable bonds is 5. The second-order valence-corrected chi connectivity index (χ2v) is 5.72. The van der Waals surface area contributed by atoms with Crippen LogP contribution in [-0.4, -0.2) is 21.1 Å². The highest BCUT2D eigenvalue weighted by Gasteiger charge is 2.43. The molecule has 2 rings (SSSR count). The maximum Gasteiger partial charge on any atom is 0.158 e. The van der Waals surface area contributed by atoms with Gasteiger partial charge in [0, 0.05) is 7.05 Å². The third kappa shape index (κ3) is 2.31. The van der Waals surface area contributed by atoms with Crippen LogP contribution < -0.4 is 5.73 Å². The summed E-state index contributed by atoms with van der Waals surface area (Å²) in [6, 6.07) is 0. The fourth-order valence-corrected chi connectivity index (χ4v) is 2.63. The van der Waals surface area contributed by atoms with Crippen LogP contribution in [0.25, 0.3) is 0 Å². The number of Topliss-reactive ketones (excluding diaryl/α,β-unsaturated/α-hetero) is 1. The summed E-state index contributed by atoms with van der Waals surface area (Å²) in [7, 11) is 1.82. The molecule has 1 aliphatic carbocycles. The van der Waals surface area contributed by atoms with E-state index in [0.29, 0.717) is 10.9 Å². The maximum absolute atomic E-state index is 12.3. The molecule has 1 fully saturated rings. The maximum atomic E-state index is 12.3. The Bertz CT molecular complexity index is 475. The highest BCUT2D eigenvalue weighted by atomic mass is 35.5. The van der Waals surface area contributed by atoms with Crippen LogP contribution in [0.15, 0.2) is 0 Å². The minimum atomic E-state index is -0.722. The first kappa shape index (κ1) is 13.6. The van der Waals surface area contributed by atoms with E-state index in [0.717, 1.165) is 30.7 Å². The molecule has 0 radical (unpaired) electrons. The summed E-state index contributed by atoms with van der Waals surface area (Å²) in [6.45, 7) is 3.83. The Kier molecular flexibility index (Phi) is 3.52. The van der Waals surface area contributed by atoms with Crippen LogP contribution >= 0.6 is 11.6 Å². The summed E-state index contributed by atoms with van der Waals surface area (Å²) in [5.74, 6) is 0.389. The van der Waals surface area contributed by atoms with Gasteiger partial charge in [0.15, 0.2) is 5.78 Å². The lowest BCUT2D eigenvalue weighted by molar-refractivity contribution is -0.123. The molecule has 0 aliphatic heterocycles. The van der Waals surface area contributed by atoms with Crippen molar-refractivity contribution in [2.45, 2.75) is 45.1 Å². The van der Waals surface area contributed by atoms with E-state index in [2.05, 4.69) is 5.10 Å². The van der Waals surface area contributed by atoms with Crippen LogP contribution in [0.4, 0.5) is 0 Å². The van der Waals surface area contributed by atoms with E-state index in [4.69, 9.17) is 17.3 Å². The SMILES string of the molecule is CCc1nn(C)c(CC(=O)C(C)(N)C2CC2)c1Cl. The summed E-state index contributed by atoms with van der Waals surface area (Å²) in [5, 5.41) is 4.93. The van der Waals surface area contributed by atoms with Gasteiger partial charge in [-0.2, -0.15) is 5.10 Å². The largest absolute Gasteiger partial charge is 0.319 e. The zero-order valence-electron chi connectivity index (χ0n) is 11.2. The van der Waals surface area contributed by atoms with Gasteiger partial charge < -0.3 is 5.73 Å². The van der Waals surface area contributed by atoms with Crippen LogP contribution in [0.1, 0.15) is 38.1 Å². The molecule has 0 amide bonds. The van der Waals surface area contributed by atoms with Gasteiger partial charge in [0.2, 0.25) is 0 Å². The average Bonchev–Trinajstić information content (AvgIpc) is 3.12. The second kappa shape index (κ2) is 4.67. The summed E-state index contributed by atoms with van der Waals surface area (Å²) in [5.41, 5.74) is 7.02. The lowest BCUT2D eigenvalue weighted by Crippen LogP contribution is -2.48. The molecule has 0 saturated heterocycles. The van der Waals surface area contributed by atoms with Gasteiger partial charge in [0.25, 0.3) is 0 Å². The van der Waals surface area contributed by atoms with Gasteiger partial charge in [-0.05, 0) is 32.1 Å². The van der Waals surface area contributed by atoms with Crippen molar-refractivity contribution < 1.29 is 4.79 Å². The Morgan fingerprint density at radius 1 is 1.61 bits per heavy atom. The minimum Gasteiger partial charge on any atom is -0.319 e. The van der Waals surface area contributed by atoms with Crippen molar-refractivity contribution in [1.82, 2.24) is 9.78 Å². The molecule has 1 aromatic heterocycles. The predicted molar refractivity (Wildman–Crippen MR) is 71.6 cm³/mol. The molecule has 0 aromatic carbocycles. The van der Waals surface area contributed by atoms with Gasteiger partial charge in [-0.1, -0.05) is 18.5 Å². The number of hydrogen-bond acceptors (Lipinski definition) is 3. The fraction of sp³-hybridized carbons (Fsp3) is 0.692. The van der Waals surface area contributed by atoms with E-state index in [1.165, 1.54) is 0 Å². The minimum absolute atomic E-state index is 0.0533. The van der Waals surface area contributed by atoms with Crippen molar-refractivity contribution >= 4 is 17.4 Å². The van der Waals surface area contributed by atoms with Gasteiger partial charge in [-0.25, -0.2) is 0 Å². The number of hydrogen-bond donors (Lipinski definition) is 1. The predicted octanol–water partition coefficient (Wildman–Crippen LogP) is 1.87. The standard InChI is InChI=1S/C13H20ClN3O/c1-4-9-12(14)10(17(3)16-9)7-11(18)13(2,15)8-5-6-8/h8H,4-7,15H2,1-3H3. The molecule has 1 aromatic rings. The van der Waals surface area contributed by atoms with Crippen LogP contribution in [0.5, 0.6) is 0 Å². The molecule has 1 aliphatic rings. The number of nitrogens with two attached hydrogens (primary N) is 1. The van der Waals surface area contributed by atoms with Crippen molar-refractivity contribution in [3.05, 3.63) is 16.4 Å². The number of carbonyl (C=O) groups is 1. The van der Waals surface area contributed by atoms with E-state index < -0.39 is 5.54 Å². The first-order chi connectivity index (χ1) is 8.37. The molecule has 1 saturated carbocycles. The monoisotopic (exact) mass is 269 g/mol. The van der Waals surface area contributed by atoms with E-state index in [1.54, 1.807) is 4.68 Å². The molecule has 1 heterocycles. The van der Waals surface area contributed by atoms with E-state index in [-0.39, 0.29) is 12.2 Å². The quantitative estimate of drug-likeness (QED) is 0.888. The number of halogens is 1. The lowest BCUT2D eigenvalue weighted by atomic mass is 9.89. The third-order valence-electron chi connectivity index (χ3n) is 3.86. The van der Waals surface area contributed by atoms with Crippen molar-refractivity contribution in [2.24, 2.45) is 18.7 Å². The Hall–Kier alpha value is -0.870. The van der Waals surface area contributed by atoms with Gasteiger partial charge in [0.1, 0.15) is 0 Å². The van der Waals surface area contributed by atoms with E-state index in [9.17, 15) is 4.79 Å². The zero-order valence-corrected chi connectivity index (χ0v) is 11.9. The van der Waals surface area contributed by atoms with Crippen LogP contribution in [0.3, 0.4) is 0 Å². The molecular formula is C13H20ClN3O. The van der Waals surface area contributed by atoms with Crippen LogP contribution in [0, 0.1) is 5.92 Å². The smallest absolute Gasteiger partial charge is 0.158 e. The Labute approximate surface area is 112 Å². The van der Waals surface area contributed by atoms with E-state index >= 15 is 0 Å². The van der Waals surface area contributed by atoms with Gasteiger partial charge in [-0.15, -0.1) is 0 Å². The molecule has 1 atom stereocenters. The molecule has 5 heteroatoms. The molecule has 4 nitrogen and oxygen atoms in total. The number of aromatic nitrogens is 2. The number of ketones is 1. The summed E-state index contributed by atoms with van der Waals surface area (Å²) in [4.78, 5) is 12.3. The van der Waals surface area contributed by atoms with Crippen LogP contribution in [0.2, 0.25) is 5.02 Å². The van der Waals surface area contributed by atoms with Crippen molar-refractivity contribution in [3.63, 3.8) is 0 Å². The normalized spacial score (nSPS) is 18.7. The molecule has 0 bridgehead atoms. The van der Waals surface area contributed by atoms with Crippen molar-refractivity contribution in [1.29, 1.82) is 0 Å². The highest BCUT2D eigenvalue weighted by molar-refractivity contribution is 6.32. The Morgan fingerprint density at radius 2 is 2.22 bits per heavy atom. The second-order valence-electron chi connectivity index (χ2n) is 5.34. The highest BCUT2D eigenvalue weighted by Crippen LogP contribution is 2.39. The van der Waals surface area contributed by atoms with Crippen LogP contribution in [-0.2, 0) is 24.7 Å². The Morgan fingerprint density at radius 3 is 2.67 bits per heavy atom. The van der Waals surface area contributed by atoms with Gasteiger partial charge in [0.05, 0.1) is 28.4 Å². The van der Waals surface area contributed by atoms with Crippen molar-refractivity contribution in [3.8, 4) is 0 Å². The summed E-state index contributed by atoms with van der Waals surface area (Å²) < 4.78 is 1.70. The first-order valence-electron chi connectivity index (χ1n) is 6.40. The molecule has 18 heavy (non-hydrogen) atoms. The van der Waals surface area contributed by atoms with Gasteiger partial charge in [-0.3, -0.25) is 9.48 Å². The Balaban J connectivity index is 2.19. The first-order valence-corrected chi connectivity index (χ1v) is 6.78. The number of aryl methyl sites for hydroxylation is 2. The topological polar surface area (TPSA) is 60.9 Å².